The van der Waals surface area contributed by atoms with E-state index in [1.54, 1.807) is 19.1 Å². The van der Waals surface area contributed by atoms with Crippen LogP contribution in [0, 0.1) is 25.7 Å². The van der Waals surface area contributed by atoms with Crippen molar-refractivity contribution in [3.63, 3.8) is 0 Å². The third-order valence-corrected chi connectivity index (χ3v) is 7.79. The smallest absolute Gasteiger partial charge is 0.254 e. The Morgan fingerprint density at radius 1 is 1.00 bits per heavy atom. The molecule has 6 nitrogen and oxygen atoms in total. The van der Waals surface area contributed by atoms with Crippen molar-refractivity contribution in [2.24, 2.45) is 0 Å². The molecule has 4 rings (SSSR count). The lowest BCUT2D eigenvalue weighted by molar-refractivity contribution is -0.122. The van der Waals surface area contributed by atoms with Crippen LogP contribution in [-0.4, -0.2) is 65.0 Å². The number of nitrogens with zero attached hydrogens (tertiary/aromatic N) is 2. The first-order chi connectivity index (χ1) is 17.8. The molecule has 2 aromatic carbocycles. The maximum atomic E-state index is 13.1. The Kier molecular flexibility index (Phi) is 8.89. The lowest BCUT2D eigenvalue weighted by Gasteiger charge is -2.42. The third kappa shape index (κ3) is 6.93. The summed E-state index contributed by atoms with van der Waals surface area (Å²) in [6.07, 6.45) is 4.20. The Balaban J connectivity index is 1.22. The van der Waals surface area contributed by atoms with Gasteiger partial charge in [0, 0.05) is 50.2 Å². The van der Waals surface area contributed by atoms with E-state index in [0.717, 1.165) is 74.1 Å². The van der Waals surface area contributed by atoms with Gasteiger partial charge in [0.2, 0.25) is 5.91 Å². The molecule has 6 heteroatoms. The zero-order chi connectivity index (χ0) is 26.4. The fourth-order valence-electron chi connectivity index (χ4n) is 5.58. The van der Waals surface area contributed by atoms with Crippen molar-refractivity contribution in [3.05, 3.63) is 64.7 Å². The second-order valence-electron chi connectivity index (χ2n) is 10.5. The van der Waals surface area contributed by atoms with Crippen molar-refractivity contribution in [3.8, 4) is 17.6 Å². The minimum Gasteiger partial charge on any atom is -0.508 e. The van der Waals surface area contributed by atoms with Crippen LogP contribution in [0.3, 0.4) is 0 Å². The summed E-state index contributed by atoms with van der Waals surface area (Å²) < 4.78 is 0. The second-order valence-corrected chi connectivity index (χ2v) is 10.5. The van der Waals surface area contributed by atoms with Gasteiger partial charge in [-0.05, 0) is 75.8 Å². The molecule has 196 valence electrons. The first-order valence-corrected chi connectivity index (χ1v) is 13.4. The highest BCUT2D eigenvalue weighted by Crippen LogP contribution is 2.25. The minimum atomic E-state index is -0.179. The Labute approximate surface area is 221 Å². The SMILES string of the molecule is CC#C[C@H](CC(=O)NC1CCN(C2CCN(C(=O)c3cc(C)ccc3C)CC2)CC1)c1ccc(O)cc1. The molecule has 1 atom stereocenters. The number of nitrogens with one attached hydrogen (secondary N) is 1. The van der Waals surface area contributed by atoms with E-state index in [1.807, 2.05) is 43.0 Å². The first-order valence-electron chi connectivity index (χ1n) is 13.4. The third-order valence-electron chi connectivity index (χ3n) is 7.79. The maximum absolute atomic E-state index is 13.1. The monoisotopic (exact) mass is 501 g/mol. The van der Waals surface area contributed by atoms with Crippen LogP contribution in [0.1, 0.15) is 72.0 Å². The number of amides is 2. The summed E-state index contributed by atoms with van der Waals surface area (Å²) in [6.45, 7) is 9.35. The molecule has 0 radical (unpaired) electrons. The number of piperidine rings is 2. The number of phenolic OH excluding ortho intramolecular Hbond substituents is 1. The molecular formula is C31H39N3O3. The number of likely N-dealkylation sites (tertiary alicyclic amines) is 2. The first kappa shape index (κ1) is 26.8. The average Bonchev–Trinajstić information content (AvgIpc) is 2.90. The quantitative estimate of drug-likeness (QED) is 0.576. The summed E-state index contributed by atoms with van der Waals surface area (Å²) in [4.78, 5) is 30.4. The molecule has 2 aliphatic heterocycles. The summed E-state index contributed by atoms with van der Waals surface area (Å²) in [5.41, 5.74) is 3.93. The van der Waals surface area contributed by atoms with Crippen LogP contribution in [0.5, 0.6) is 5.75 Å². The topological polar surface area (TPSA) is 72.9 Å². The molecule has 2 fully saturated rings. The van der Waals surface area contributed by atoms with Gasteiger partial charge in [-0.3, -0.25) is 9.59 Å². The van der Waals surface area contributed by atoms with Crippen molar-refractivity contribution >= 4 is 11.8 Å². The fourth-order valence-corrected chi connectivity index (χ4v) is 5.58. The van der Waals surface area contributed by atoms with Gasteiger partial charge in [-0.25, -0.2) is 0 Å². The normalized spacial score (nSPS) is 18.1. The summed E-state index contributed by atoms with van der Waals surface area (Å²) in [6, 6.07) is 13.7. The van der Waals surface area contributed by atoms with Gasteiger partial charge in [-0.15, -0.1) is 5.92 Å². The Bertz CT molecular complexity index is 1150. The minimum absolute atomic E-state index is 0.0255. The highest BCUT2D eigenvalue weighted by Gasteiger charge is 2.31. The summed E-state index contributed by atoms with van der Waals surface area (Å²) in [5.74, 6) is 6.28. The van der Waals surface area contributed by atoms with E-state index in [2.05, 4.69) is 28.1 Å². The lowest BCUT2D eigenvalue weighted by atomic mass is 9.94. The van der Waals surface area contributed by atoms with E-state index in [4.69, 9.17) is 0 Å². The summed E-state index contributed by atoms with van der Waals surface area (Å²) in [5, 5.41) is 12.8. The summed E-state index contributed by atoms with van der Waals surface area (Å²) in [7, 11) is 0. The fraction of sp³-hybridized carbons (Fsp3) is 0.484. The van der Waals surface area contributed by atoms with E-state index < -0.39 is 0 Å². The van der Waals surface area contributed by atoms with Gasteiger partial charge in [-0.1, -0.05) is 35.7 Å². The molecule has 37 heavy (non-hydrogen) atoms. The van der Waals surface area contributed by atoms with Crippen molar-refractivity contribution < 1.29 is 14.7 Å². The predicted octanol–water partition coefficient (Wildman–Crippen LogP) is 4.39. The molecule has 0 saturated carbocycles. The zero-order valence-corrected chi connectivity index (χ0v) is 22.3. The van der Waals surface area contributed by atoms with Crippen molar-refractivity contribution in [1.29, 1.82) is 0 Å². The van der Waals surface area contributed by atoms with Gasteiger partial charge in [0.1, 0.15) is 5.75 Å². The van der Waals surface area contributed by atoms with Gasteiger partial charge < -0.3 is 20.2 Å². The number of aromatic hydroxyl groups is 1. The molecule has 0 unspecified atom stereocenters. The van der Waals surface area contributed by atoms with Crippen molar-refractivity contribution in [2.45, 2.75) is 70.9 Å². The average molecular weight is 502 g/mol. The molecule has 2 N–H and O–H groups in total. The number of carbonyl (C=O) groups is 2. The van der Waals surface area contributed by atoms with Crippen LogP contribution in [0.15, 0.2) is 42.5 Å². The Morgan fingerprint density at radius 2 is 1.68 bits per heavy atom. The predicted molar refractivity (Wildman–Crippen MR) is 146 cm³/mol. The molecule has 0 aliphatic carbocycles. The molecule has 2 amide bonds. The number of carbonyl (C=O) groups excluding carboxylic acids is 2. The maximum Gasteiger partial charge on any atom is 0.254 e. The van der Waals surface area contributed by atoms with E-state index in [9.17, 15) is 14.7 Å². The molecule has 0 spiro atoms. The van der Waals surface area contributed by atoms with Crippen LogP contribution in [0.25, 0.3) is 0 Å². The standard InChI is InChI=1S/C31H39N3O3/c1-4-5-25(24-8-10-28(35)11-9-24)21-30(36)32-26-12-16-33(17-13-26)27-14-18-34(19-15-27)31(37)29-20-22(2)6-7-23(29)3/h6-11,20,25-27,35H,12-19,21H2,1-3H3,(H,32,36)/t25-/m1/s1. The Hall–Kier alpha value is -3.30. The molecular weight excluding hydrogens is 462 g/mol. The number of aryl methyl sites for hydroxylation is 2. The lowest BCUT2D eigenvalue weighted by Crippen LogP contribution is -2.51. The van der Waals surface area contributed by atoms with E-state index >= 15 is 0 Å². The molecule has 2 heterocycles. The van der Waals surface area contributed by atoms with Crippen molar-refractivity contribution in [1.82, 2.24) is 15.1 Å². The molecule has 2 aromatic rings. The van der Waals surface area contributed by atoms with E-state index in [0.29, 0.717) is 12.5 Å². The second kappa shape index (κ2) is 12.3. The van der Waals surface area contributed by atoms with E-state index in [-0.39, 0.29) is 29.5 Å². The van der Waals surface area contributed by atoms with E-state index in [1.165, 1.54) is 0 Å². The van der Waals surface area contributed by atoms with Crippen LogP contribution < -0.4 is 5.32 Å². The van der Waals surface area contributed by atoms with Gasteiger partial charge in [0.25, 0.3) is 5.91 Å². The largest absolute Gasteiger partial charge is 0.508 e. The van der Waals surface area contributed by atoms with Crippen molar-refractivity contribution in [2.75, 3.05) is 26.2 Å². The zero-order valence-electron chi connectivity index (χ0n) is 22.3. The van der Waals surface area contributed by atoms with Gasteiger partial charge in [-0.2, -0.15) is 0 Å². The van der Waals surface area contributed by atoms with Gasteiger partial charge in [0.15, 0.2) is 0 Å². The highest BCUT2D eigenvalue weighted by atomic mass is 16.3. The molecule has 0 aromatic heterocycles. The van der Waals surface area contributed by atoms with Gasteiger partial charge in [0.05, 0.1) is 5.92 Å². The number of benzene rings is 2. The highest BCUT2D eigenvalue weighted by molar-refractivity contribution is 5.95. The molecule has 2 saturated heterocycles. The van der Waals surface area contributed by atoms with Crippen LogP contribution >= 0.6 is 0 Å². The Morgan fingerprint density at radius 3 is 2.32 bits per heavy atom. The van der Waals surface area contributed by atoms with Crippen LogP contribution in [-0.2, 0) is 4.79 Å². The molecule has 2 aliphatic rings. The number of hydrogen-bond acceptors (Lipinski definition) is 4. The summed E-state index contributed by atoms with van der Waals surface area (Å²) >= 11 is 0. The van der Waals surface area contributed by atoms with Crippen LogP contribution in [0.2, 0.25) is 0 Å². The van der Waals surface area contributed by atoms with Crippen LogP contribution in [0.4, 0.5) is 0 Å². The number of hydrogen-bond donors (Lipinski definition) is 2. The van der Waals surface area contributed by atoms with Gasteiger partial charge >= 0.3 is 0 Å². The number of phenols is 1. The number of rotatable bonds is 6. The molecule has 0 bridgehead atoms.